The van der Waals surface area contributed by atoms with Crippen molar-refractivity contribution in [3.63, 3.8) is 0 Å². The van der Waals surface area contributed by atoms with Crippen molar-refractivity contribution in [2.45, 2.75) is 96.8 Å². The molecule has 0 bridgehead atoms. The van der Waals surface area contributed by atoms with Crippen LogP contribution in [0.4, 0.5) is 17.1 Å². The van der Waals surface area contributed by atoms with E-state index in [4.69, 9.17) is 0 Å². The van der Waals surface area contributed by atoms with Crippen molar-refractivity contribution in [2.24, 2.45) is 5.41 Å². The van der Waals surface area contributed by atoms with Crippen molar-refractivity contribution < 1.29 is 0 Å². The Labute approximate surface area is 363 Å². The van der Waals surface area contributed by atoms with E-state index in [1.54, 1.807) is 16.7 Å². The Morgan fingerprint density at radius 3 is 2.03 bits per heavy atom. The summed E-state index contributed by atoms with van der Waals surface area (Å²) < 4.78 is 0. The van der Waals surface area contributed by atoms with Crippen LogP contribution in [0.3, 0.4) is 0 Å². The van der Waals surface area contributed by atoms with Crippen LogP contribution in [-0.2, 0) is 16.2 Å². The lowest BCUT2D eigenvalue weighted by Gasteiger charge is -2.37. The number of rotatable bonds is 4. The first-order chi connectivity index (χ1) is 29.3. The fourth-order valence-corrected chi connectivity index (χ4v) is 11.9. The number of benzene rings is 6. The second-order valence-corrected chi connectivity index (χ2v) is 20.8. The Kier molecular flexibility index (Phi) is 8.29. The van der Waals surface area contributed by atoms with E-state index in [-0.39, 0.29) is 21.7 Å². The van der Waals surface area contributed by atoms with Gasteiger partial charge in [-0.25, -0.2) is 0 Å². The Bertz CT molecular complexity index is 2930. The van der Waals surface area contributed by atoms with Crippen molar-refractivity contribution in [1.29, 1.82) is 0 Å². The monoisotopic (exact) mass is 791 g/mol. The number of hydrogen-bond acceptors (Lipinski definition) is 1. The SMILES string of the molecule is CC(C)(C)C1=CC2=C(CC1)C1(C3=CC=CCC3c3ccc(N(c4ccc5c(c4)C(C)(C)c4ccccc4-5)c4ccccc4-c4ccccc4)cc31)c1ccc(C(C)(C)C)cc12. The minimum atomic E-state index is -0.325. The Balaban J connectivity index is 1.19. The summed E-state index contributed by atoms with van der Waals surface area (Å²) in [5, 5.41) is 0. The third-order valence-corrected chi connectivity index (χ3v) is 15.0. The molecule has 11 rings (SSSR count). The number of nitrogens with zero attached hydrogens (tertiary/aromatic N) is 1. The molecule has 0 heterocycles. The molecule has 5 aliphatic rings. The zero-order chi connectivity index (χ0) is 42.1. The Morgan fingerprint density at radius 2 is 1.26 bits per heavy atom. The van der Waals surface area contributed by atoms with Crippen LogP contribution in [0.2, 0.25) is 0 Å². The Hall–Kier alpha value is -5.92. The quantitative estimate of drug-likeness (QED) is 0.172. The van der Waals surface area contributed by atoms with E-state index in [9.17, 15) is 0 Å². The van der Waals surface area contributed by atoms with Gasteiger partial charge in [0, 0.05) is 28.3 Å². The Morgan fingerprint density at radius 1 is 0.574 bits per heavy atom. The zero-order valence-corrected chi connectivity index (χ0v) is 37.2. The zero-order valence-electron chi connectivity index (χ0n) is 37.2. The normalized spacial score (nSPS) is 20.4. The summed E-state index contributed by atoms with van der Waals surface area (Å²) in [6.45, 7) is 19.0. The molecular weight excluding hydrogens is 735 g/mol. The minimum Gasteiger partial charge on any atom is -0.310 e. The second kappa shape index (κ2) is 13.3. The number of allylic oxidation sites excluding steroid dienone is 8. The molecule has 1 nitrogen and oxygen atoms in total. The van der Waals surface area contributed by atoms with Gasteiger partial charge in [0.2, 0.25) is 0 Å². The molecule has 5 aliphatic carbocycles. The summed E-state index contributed by atoms with van der Waals surface area (Å²) in [4.78, 5) is 2.57. The lowest BCUT2D eigenvalue weighted by atomic mass is 9.65. The van der Waals surface area contributed by atoms with Crippen molar-refractivity contribution in [3.05, 3.63) is 213 Å². The summed E-state index contributed by atoms with van der Waals surface area (Å²) in [6.07, 6.45) is 13.0. The standard InChI is InChI=1S/C60H57N/c1-57(2,3)39-26-32-52-48(34-39)49-35-40(58(4,5)6)27-33-53(49)60(52)51-24-16-13-22-45(51)47-31-29-42(37-55(47)60)61(56-25-17-14-20-43(56)38-18-10-9-11-19-38)41-28-30-46-44-21-12-15-23-50(44)59(7,8)54(46)36-41/h9-21,23-26,28-32,34-37,45H,22,27,33H2,1-8H3. The van der Waals surface area contributed by atoms with E-state index >= 15 is 0 Å². The molecule has 6 aromatic carbocycles. The maximum atomic E-state index is 2.61. The molecule has 1 spiro atoms. The highest BCUT2D eigenvalue weighted by molar-refractivity contribution is 5.95. The molecular formula is C60H57N. The van der Waals surface area contributed by atoms with Crippen LogP contribution >= 0.6 is 0 Å². The second-order valence-electron chi connectivity index (χ2n) is 20.8. The molecule has 1 heteroatoms. The summed E-state index contributed by atoms with van der Waals surface area (Å²) in [5.41, 5.74) is 24.6. The highest BCUT2D eigenvalue weighted by atomic mass is 15.1. The van der Waals surface area contributed by atoms with Gasteiger partial charge in [-0.2, -0.15) is 0 Å². The van der Waals surface area contributed by atoms with E-state index in [1.807, 2.05) is 0 Å². The third-order valence-electron chi connectivity index (χ3n) is 15.0. The fraction of sp³-hybridized carbons (Fsp3) is 0.267. The van der Waals surface area contributed by atoms with Gasteiger partial charge < -0.3 is 4.90 Å². The fourth-order valence-electron chi connectivity index (χ4n) is 11.9. The van der Waals surface area contributed by atoms with E-state index in [0.717, 1.165) is 19.3 Å². The van der Waals surface area contributed by atoms with E-state index in [0.29, 0.717) is 5.92 Å². The topological polar surface area (TPSA) is 3.24 Å². The molecule has 2 unspecified atom stereocenters. The smallest absolute Gasteiger partial charge is 0.0649 e. The third kappa shape index (κ3) is 5.52. The predicted molar refractivity (Wildman–Crippen MR) is 258 cm³/mol. The molecule has 0 aromatic heterocycles. The van der Waals surface area contributed by atoms with Crippen molar-refractivity contribution in [2.75, 3.05) is 4.90 Å². The summed E-state index contributed by atoms with van der Waals surface area (Å²) in [6, 6.07) is 51.2. The lowest BCUT2D eigenvalue weighted by molar-refractivity contribution is 0.476. The van der Waals surface area contributed by atoms with Gasteiger partial charge in [0.25, 0.3) is 0 Å². The van der Waals surface area contributed by atoms with Crippen LogP contribution in [0.5, 0.6) is 0 Å². The first-order valence-corrected chi connectivity index (χ1v) is 22.6. The molecule has 61 heavy (non-hydrogen) atoms. The van der Waals surface area contributed by atoms with Crippen molar-refractivity contribution in [3.8, 4) is 22.3 Å². The van der Waals surface area contributed by atoms with E-state index < -0.39 is 0 Å². The number of anilines is 3. The van der Waals surface area contributed by atoms with Crippen molar-refractivity contribution in [1.82, 2.24) is 0 Å². The molecule has 0 amide bonds. The maximum Gasteiger partial charge on any atom is 0.0649 e. The molecule has 0 saturated carbocycles. The van der Waals surface area contributed by atoms with Gasteiger partial charge in [-0.3, -0.25) is 0 Å². The van der Waals surface area contributed by atoms with Gasteiger partial charge in [0.1, 0.15) is 0 Å². The average Bonchev–Trinajstić information content (AvgIpc) is 3.81. The predicted octanol–water partition coefficient (Wildman–Crippen LogP) is 16.2. The molecule has 6 aromatic rings. The first kappa shape index (κ1) is 38.0. The lowest BCUT2D eigenvalue weighted by Crippen LogP contribution is -2.30. The highest BCUT2D eigenvalue weighted by Crippen LogP contribution is 2.67. The molecule has 302 valence electrons. The van der Waals surface area contributed by atoms with Crippen LogP contribution in [-0.4, -0.2) is 0 Å². The molecule has 0 radical (unpaired) electrons. The van der Waals surface area contributed by atoms with Crippen LogP contribution in [0.1, 0.15) is 120 Å². The molecule has 0 aliphatic heterocycles. The van der Waals surface area contributed by atoms with E-state index in [2.05, 4.69) is 218 Å². The van der Waals surface area contributed by atoms with Gasteiger partial charge in [-0.05, 0) is 133 Å². The minimum absolute atomic E-state index is 0.0469. The number of para-hydroxylation sites is 1. The van der Waals surface area contributed by atoms with Crippen LogP contribution in [0.25, 0.3) is 27.8 Å². The van der Waals surface area contributed by atoms with Crippen LogP contribution in [0, 0.1) is 5.41 Å². The average molecular weight is 792 g/mol. The molecule has 0 fully saturated rings. The van der Waals surface area contributed by atoms with E-state index in [1.165, 1.54) is 83.8 Å². The van der Waals surface area contributed by atoms with Crippen LogP contribution < -0.4 is 4.90 Å². The summed E-state index contributed by atoms with van der Waals surface area (Å²) >= 11 is 0. The highest BCUT2D eigenvalue weighted by Gasteiger charge is 2.56. The van der Waals surface area contributed by atoms with Gasteiger partial charge >= 0.3 is 0 Å². The molecule has 2 atom stereocenters. The van der Waals surface area contributed by atoms with Crippen LogP contribution in [0.15, 0.2) is 174 Å². The summed E-state index contributed by atoms with van der Waals surface area (Å²) in [5.74, 6) is 0.341. The van der Waals surface area contributed by atoms with Crippen molar-refractivity contribution >= 4 is 22.6 Å². The summed E-state index contributed by atoms with van der Waals surface area (Å²) in [7, 11) is 0. The first-order valence-electron chi connectivity index (χ1n) is 22.6. The number of hydrogen-bond donors (Lipinski definition) is 0. The van der Waals surface area contributed by atoms with Gasteiger partial charge in [0.05, 0.1) is 11.1 Å². The van der Waals surface area contributed by atoms with Gasteiger partial charge in [-0.15, -0.1) is 0 Å². The maximum absolute atomic E-state index is 2.61. The molecule has 0 saturated heterocycles. The van der Waals surface area contributed by atoms with Gasteiger partial charge in [-0.1, -0.05) is 188 Å². The van der Waals surface area contributed by atoms with Gasteiger partial charge in [0.15, 0.2) is 0 Å². The molecule has 0 N–H and O–H groups in total. The number of fused-ring (bicyclic) bond motifs is 12. The largest absolute Gasteiger partial charge is 0.310 e.